The number of amides is 1. The zero-order chi connectivity index (χ0) is 18.0. The molecule has 0 aliphatic carbocycles. The van der Waals surface area contributed by atoms with Gasteiger partial charge in [-0.1, -0.05) is 30.0 Å². The Morgan fingerprint density at radius 1 is 1.32 bits per heavy atom. The van der Waals surface area contributed by atoms with Crippen LogP contribution in [0.25, 0.3) is 11.0 Å². The molecule has 0 aliphatic rings. The number of fused-ring (bicyclic) bond motifs is 1. The lowest BCUT2D eigenvalue weighted by Gasteiger charge is -2.10. The summed E-state index contributed by atoms with van der Waals surface area (Å²) >= 11 is 1.27. The number of nitrogens with zero attached hydrogens (tertiary/aromatic N) is 2. The van der Waals surface area contributed by atoms with Crippen LogP contribution in [-0.2, 0) is 11.3 Å². The SMILES string of the molecule is CCn1c(SCC(=O)Nc2ccccc2C)nc2cc(C)[nH]c2c1=O. The molecule has 1 amide bonds. The summed E-state index contributed by atoms with van der Waals surface area (Å²) in [5.74, 6) is 0.0666. The zero-order valence-corrected chi connectivity index (χ0v) is 15.2. The van der Waals surface area contributed by atoms with E-state index in [9.17, 15) is 9.59 Å². The van der Waals surface area contributed by atoms with Crippen molar-refractivity contribution in [3.8, 4) is 0 Å². The second kappa shape index (κ2) is 7.14. The lowest BCUT2D eigenvalue weighted by Crippen LogP contribution is -2.23. The largest absolute Gasteiger partial charge is 0.353 e. The van der Waals surface area contributed by atoms with E-state index in [0.717, 1.165) is 16.9 Å². The maximum absolute atomic E-state index is 12.6. The number of anilines is 1. The first-order chi connectivity index (χ1) is 12.0. The smallest absolute Gasteiger partial charge is 0.278 e. The minimum Gasteiger partial charge on any atom is -0.353 e. The van der Waals surface area contributed by atoms with Crippen molar-refractivity contribution in [2.45, 2.75) is 32.5 Å². The molecular weight excluding hydrogens is 336 g/mol. The van der Waals surface area contributed by atoms with Crippen molar-refractivity contribution in [2.75, 3.05) is 11.1 Å². The lowest BCUT2D eigenvalue weighted by molar-refractivity contribution is -0.113. The van der Waals surface area contributed by atoms with Gasteiger partial charge >= 0.3 is 0 Å². The molecule has 0 unspecified atom stereocenters. The number of hydrogen-bond acceptors (Lipinski definition) is 4. The van der Waals surface area contributed by atoms with Gasteiger partial charge in [0.2, 0.25) is 5.91 Å². The predicted molar refractivity (Wildman–Crippen MR) is 101 cm³/mol. The topological polar surface area (TPSA) is 79.8 Å². The summed E-state index contributed by atoms with van der Waals surface area (Å²) in [5.41, 5.74) is 3.73. The molecule has 1 aromatic carbocycles. The third-order valence-corrected chi connectivity index (χ3v) is 4.88. The predicted octanol–water partition coefficient (Wildman–Crippen LogP) is 3.09. The van der Waals surface area contributed by atoms with Crippen molar-refractivity contribution < 1.29 is 4.79 Å². The maximum atomic E-state index is 12.6. The summed E-state index contributed by atoms with van der Waals surface area (Å²) in [6.45, 7) is 6.23. The number of para-hydroxylation sites is 1. The molecule has 2 N–H and O–H groups in total. The van der Waals surface area contributed by atoms with Gasteiger partial charge in [0.25, 0.3) is 5.56 Å². The quantitative estimate of drug-likeness (QED) is 0.544. The Labute approximate surface area is 149 Å². The fourth-order valence-electron chi connectivity index (χ4n) is 2.63. The molecule has 7 heteroatoms. The van der Waals surface area contributed by atoms with E-state index in [4.69, 9.17) is 0 Å². The van der Waals surface area contributed by atoms with Gasteiger partial charge in [0.1, 0.15) is 5.52 Å². The fourth-order valence-corrected chi connectivity index (χ4v) is 3.49. The van der Waals surface area contributed by atoms with Crippen molar-refractivity contribution in [1.82, 2.24) is 14.5 Å². The highest BCUT2D eigenvalue weighted by atomic mass is 32.2. The maximum Gasteiger partial charge on any atom is 0.278 e. The number of carbonyl (C=O) groups excluding carboxylic acids is 1. The molecule has 0 aliphatic heterocycles. The monoisotopic (exact) mass is 356 g/mol. The van der Waals surface area contributed by atoms with Crippen molar-refractivity contribution in [3.05, 3.63) is 51.9 Å². The first kappa shape index (κ1) is 17.3. The molecule has 0 bridgehead atoms. The zero-order valence-electron chi connectivity index (χ0n) is 14.4. The molecule has 6 nitrogen and oxygen atoms in total. The van der Waals surface area contributed by atoms with Crippen LogP contribution in [0.5, 0.6) is 0 Å². The van der Waals surface area contributed by atoms with Crippen LogP contribution < -0.4 is 10.9 Å². The molecule has 2 aromatic heterocycles. The second-order valence-corrected chi connectivity index (χ2v) is 6.75. The Bertz CT molecular complexity index is 990. The number of hydrogen-bond donors (Lipinski definition) is 2. The van der Waals surface area contributed by atoms with Gasteiger partial charge in [0.15, 0.2) is 5.16 Å². The van der Waals surface area contributed by atoms with Gasteiger partial charge in [-0.2, -0.15) is 0 Å². The van der Waals surface area contributed by atoms with Crippen LogP contribution in [0, 0.1) is 13.8 Å². The summed E-state index contributed by atoms with van der Waals surface area (Å²) in [5, 5.41) is 3.45. The molecule has 3 aromatic rings. The van der Waals surface area contributed by atoms with Crippen molar-refractivity contribution in [3.63, 3.8) is 0 Å². The Hall–Kier alpha value is -2.54. The number of nitrogens with one attached hydrogen (secondary N) is 2. The molecule has 0 radical (unpaired) electrons. The number of carbonyl (C=O) groups is 1. The van der Waals surface area contributed by atoms with E-state index in [-0.39, 0.29) is 17.2 Å². The third kappa shape index (κ3) is 3.61. The molecule has 130 valence electrons. The van der Waals surface area contributed by atoms with Crippen LogP contribution >= 0.6 is 11.8 Å². The van der Waals surface area contributed by atoms with E-state index < -0.39 is 0 Å². The van der Waals surface area contributed by atoms with Crippen LogP contribution in [0.4, 0.5) is 5.69 Å². The van der Waals surface area contributed by atoms with Gasteiger partial charge in [-0.3, -0.25) is 14.2 Å². The van der Waals surface area contributed by atoms with Crippen LogP contribution in [0.1, 0.15) is 18.2 Å². The summed E-state index contributed by atoms with van der Waals surface area (Å²) in [6.07, 6.45) is 0. The number of benzene rings is 1. The number of H-pyrrole nitrogens is 1. The highest BCUT2D eigenvalue weighted by molar-refractivity contribution is 7.99. The van der Waals surface area contributed by atoms with Crippen LogP contribution in [0.3, 0.4) is 0 Å². The molecule has 0 saturated heterocycles. The van der Waals surface area contributed by atoms with Crippen molar-refractivity contribution >= 4 is 34.4 Å². The van der Waals surface area contributed by atoms with E-state index in [1.165, 1.54) is 11.8 Å². The van der Waals surface area contributed by atoms with Gasteiger partial charge in [0.05, 0.1) is 11.3 Å². The summed E-state index contributed by atoms with van der Waals surface area (Å²) in [7, 11) is 0. The second-order valence-electron chi connectivity index (χ2n) is 5.81. The van der Waals surface area contributed by atoms with Gasteiger partial charge in [-0.05, 0) is 38.5 Å². The van der Waals surface area contributed by atoms with Crippen LogP contribution in [-0.4, -0.2) is 26.2 Å². The lowest BCUT2D eigenvalue weighted by atomic mass is 10.2. The Balaban J connectivity index is 1.79. The number of thioether (sulfide) groups is 1. The molecule has 2 heterocycles. The molecule has 0 fully saturated rings. The average Bonchev–Trinajstić information content (AvgIpc) is 2.96. The van der Waals surface area contributed by atoms with Crippen LogP contribution in [0.15, 0.2) is 40.3 Å². The standard InChI is InChI=1S/C18H20N4O2S/c1-4-22-17(24)16-14(9-12(3)19-16)21-18(22)25-10-15(23)20-13-8-6-5-7-11(13)2/h5-9,19H,4,10H2,1-3H3,(H,20,23). The summed E-state index contributed by atoms with van der Waals surface area (Å²) in [4.78, 5) is 32.4. The Morgan fingerprint density at radius 2 is 2.08 bits per heavy atom. The molecule has 0 saturated carbocycles. The Morgan fingerprint density at radius 3 is 2.80 bits per heavy atom. The van der Waals surface area contributed by atoms with Gasteiger partial charge in [-0.15, -0.1) is 0 Å². The molecular formula is C18H20N4O2S. The minimum absolute atomic E-state index is 0.109. The summed E-state index contributed by atoms with van der Waals surface area (Å²) < 4.78 is 1.59. The first-order valence-corrected chi connectivity index (χ1v) is 9.06. The van der Waals surface area contributed by atoms with Crippen molar-refractivity contribution in [1.29, 1.82) is 0 Å². The number of aromatic amines is 1. The number of rotatable bonds is 5. The molecule has 3 rings (SSSR count). The van der Waals surface area contributed by atoms with Gasteiger partial charge in [0, 0.05) is 17.9 Å². The number of aryl methyl sites for hydroxylation is 2. The third-order valence-electron chi connectivity index (χ3n) is 3.91. The Kier molecular flexibility index (Phi) is 4.94. The van der Waals surface area contributed by atoms with E-state index >= 15 is 0 Å². The first-order valence-electron chi connectivity index (χ1n) is 8.08. The van der Waals surface area contributed by atoms with Gasteiger partial charge < -0.3 is 10.3 Å². The molecule has 0 atom stereocenters. The highest BCUT2D eigenvalue weighted by Crippen LogP contribution is 2.19. The van der Waals surface area contributed by atoms with E-state index in [2.05, 4.69) is 15.3 Å². The normalized spacial score (nSPS) is 11.0. The van der Waals surface area contributed by atoms with Crippen molar-refractivity contribution in [2.24, 2.45) is 0 Å². The van der Waals surface area contributed by atoms with E-state index in [1.807, 2.05) is 51.1 Å². The molecule has 25 heavy (non-hydrogen) atoms. The van der Waals surface area contributed by atoms with Gasteiger partial charge in [-0.25, -0.2) is 4.98 Å². The summed E-state index contributed by atoms with van der Waals surface area (Å²) in [6, 6.07) is 9.47. The number of aromatic nitrogens is 3. The fraction of sp³-hybridized carbons (Fsp3) is 0.278. The van der Waals surface area contributed by atoms with Crippen LogP contribution in [0.2, 0.25) is 0 Å². The van der Waals surface area contributed by atoms with E-state index in [0.29, 0.717) is 22.7 Å². The van der Waals surface area contributed by atoms with E-state index in [1.54, 1.807) is 4.57 Å². The average molecular weight is 356 g/mol. The molecule has 0 spiro atoms. The minimum atomic E-state index is -0.124. The highest BCUT2D eigenvalue weighted by Gasteiger charge is 2.14.